The molecule has 0 aliphatic rings. The van der Waals surface area contributed by atoms with Crippen LogP contribution in [0.4, 0.5) is 15.0 Å². The first-order valence-electron chi connectivity index (χ1n) is 7.48. The number of anilines is 1. The highest BCUT2D eigenvalue weighted by Crippen LogP contribution is 2.25. The molecule has 8 heteroatoms. The fourth-order valence-corrected chi connectivity index (χ4v) is 2.13. The van der Waals surface area contributed by atoms with Gasteiger partial charge in [0.05, 0.1) is 19.3 Å². The van der Waals surface area contributed by atoms with E-state index in [1.807, 2.05) is 0 Å². The van der Waals surface area contributed by atoms with Crippen molar-refractivity contribution in [3.63, 3.8) is 0 Å². The number of nitrogens with zero attached hydrogens (tertiary/aromatic N) is 2. The van der Waals surface area contributed by atoms with E-state index in [-0.39, 0.29) is 11.8 Å². The van der Waals surface area contributed by atoms with Crippen LogP contribution in [-0.4, -0.2) is 36.2 Å². The number of carbonyl (C=O) groups excluding carboxylic acids is 1. The van der Waals surface area contributed by atoms with E-state index in [1.165, 1.54) is 25.3 Å². The number of ether oxygens (including phenoxy) is 1. The minimum Gasteiger partial charge on any atom is -0.496 e. The molecule has 1 unspecified atom stereocenters. The van der Waals surface area contributed by atoms with E-state index in [1.54, 1.807) is 25.5 Å². The van der Waals surface area contributed by atoms with Gasteiger partial charge in [-0.2, -0.15) is 0 Å². The molecule has 0 radical (unpaired) electrons. The van der Waals surface area contributed by atoms with Gasteiger partial charge in [0, 0.05) is 31.0 Å². The lowest BCUT2D eigenvalue weighted by molar-refractivity contribution is 0.238. The monoisotopic (exact) mass is 333 g/mol. The van der Waals surface area contributed by atoms with Gasteiger partial charge in [-0.15, -0.1) is 0 Å². The van der Waals surface area contributed by atoms with E-state index in [0.717, 1.165) is 0 Å². The number of hydrogen-bond donors (Lipinski definition) is 3. The third-order valence-electron chi connectivity index (χ3n) is 3.29. The van der Waals surface area contributed by atoms with Gasteiger partial charge in [-0.3, -0.25) is 4.98 Å². The van der Waals surface area contributed by atoms with Crippen LogP contribution in [0.5, 0.6) is 5.75 Å². The summed E-state index contributed by atoms with van der Waals surface area (Å²) in [6.07, 6.45) is 4.76. The molecule has 0 aliphatic carbocycles. The number of benzene rings is 1. The smallest absolute Gasteiger partial charge is 0.315 e. The zero-order chi connectivity index (χ0) is 17.4. The quantitative estimate of drug-likeness (QED) is 0.675. The maximum Gasteiger partial charge on any atom is 0.315 e. The molecular formula is C16H20FN5O2. The van der Waals surface area contributed by atoms with Crippen LogP contribution in [0.15, 0.2) is 36.8 Å². The van der Waals surface area contributed by atoms with E-state index < -0.39 is 6.04 Å². The van der Waals surface area contributed by atoms with Crippen molar-refractivity contribution in [2.45, 2.75) is 13.0 Å². The Morgan fingerprint density at radius 3 is 2.88 bits per heavy atom. The molecule has 1 aromatic heterocycles. The first-order valence-corrected chi connectivity index (χ1v) is 7.48. The summed E-state index contributed by atoms with van der Waals surface area (Å²) in [6, 6.07) is 3.44. The molecular weight excluding hydrogens is 313 g/mol. The molecule has 0 bridgehead atoms. The van der Waals surface area contributed by atoms with Crippen LogP contribution < -0.4 is 20.7 Å². The van der Waals surface area contributed by atoms with Gasteiger partial charge in [-0.05, 0) is 25.1 Å². The molecule has 0 saturated heterocycles. The van der Waals surface area contributed by atoms with Crippen molar-refractivity contribution in [1.82, 2.24) is 20.6 Å². The molecule has 1 aromatic carbocycles. The number of amides is 2. The Kier molecular flexibility index (Phi) is 6.30. The Hall–Kier alpha value is -2.90. The Bertz CT molecular complexity index is 669. The Morgan fingerprint density at radius 1 is 1.33 bits per heavy atom. The lowest BCUT2D eigenvalue weighted by atomic mass is 10.1. The summed E-state index contributed by atoms with van der Waals surface area (Å²) in [5, 5.41) is 8.48. The predicted molar refractivity (Wildman–Crippen MR) is 88.4 cm³/mol. The van der Waals surface area contributed by atoms with E-state index in [9.17, 15) is 9.18 Å². The van der Waals surface area contributed by atoms with E-state index in [2.05, 4.69) is 25.9 Å². The molecule has 128 valence electrons. The van der Waals surface area contributed by atoms with Crippen molar-refractivity contribution >= 4 is 11.8 Å². The van der Waals surface area contributed by atoms with Crippen molar-refractivity contribution in [1.29, 1.82) is 0 Å². The Labute approximate surface area is 139 Å². The van der Waals surface area contributed by atoms with Gasteiger partial charge in [0.15, 0.2) is 0 Å². The second-order valence-electron chi connectivity index (χ2n) is 5.03. The van der Waals surface area contributed by atoms with Gasteiger partial charge in [-0.1, -0.05) is 0 Å². The first kappa shape index (κ1) is 17.5. The molecule has 2 rings (SSSR count). The number of halogens is 1. The number of nitrogens with one attached hydrogen (secondary N) is 3. The molecule has 0 spiro atoms. The molecule has 3 N–H and O–H groups in total. The van der Waals surface area contributed by atoms with Gasteiger partial charge in [0.2, 0.25) is 0 Å². The molecule has 0 aliphatic heterocycles. The second kappa shape index (κ2) is 8.66. The van der Waals surface area contributed by atoms with Crippen molar-refractivity contribution in [2.24, 2.45) is 0 Å². The van der Waals surface area contributed by atoms with Gasteiger partial charge < -0.3 is 20.7 Å². The molecule has 0 saturated carbocycles. The number of rotatable bonds is 7. The predicted octanol–water partition coefficient (Wildman–Crippen LogP) is 2.10. The Morgan fingerprint density at radius 2 is 2.17 bits per heavy atom. The van der Waals surface area contributed by atoms with Crippen molar-refractivity contribution in [3.8, 4) is 5.75 Å². The van der Waals surface area contributed by atoms with Crippen molar-refractivity contribution in [2.75, 3.05) is 25.5 Å². The highest BCUT2D eigenvalue weighted by Gasteiger charge is 2.14. The van der Waals surface area contributed by atoms with Crippen LogP contribution in [0.2, 0.25) is 0 Å². The minimum atomic E-state index is -0.399. The SMILES string of the molecule is COc1ccc(F)cc1C(C)NC(=O)NCCNc1cnccn1. The maximum atomic E-state index is 13.4. The molecule has 24 heavy (non-hydrogen) atoms. The largest absolute Gasteiger partial charge is 0.496 e. The van der Waals surface area contributed by atoms with Crippen LogP contribution in [-0.2, 0) is 0 Å². The zero-order valence-electron chi connectivity index (χ0n) is 13.5. The van der Waals surface area contributed by atoms with Gasteiger partial charge in [0.1, 0.15) is 17.4 Å². The van der Waals surface area contributed by atoms with E-state index in [0.29, 0.717) is 30.2 Å². The number of urea groups is 1. The lowest BCUT2D eigenvalue weighted by Gasteiger charge is -2.18. The van der Waals surface area contributed by atoms with E-state index in [4.69, 9.17) is 4.74 Å². The van der Waals surface area contributed by atoms with Crippen LogP contribution in [0.3, 0.4) is 0 Å². The summed E-state index contributed by atoms with van der Waals surface area (Å²) >= 11 is 0. The molecule has 1 heterocycles. The maximum absolute atomic E-state index is 13.4. The summed E-state index contributed by atoms with van der Waals surface area (Å²) in [5.74, 6) is 0.777. The average Bonchev–Trinajstić information content (AvgIpc) is 2.59. The van der Waals surface area contributed by atoms with Gasteiger partial charge in [0.25, 0.3) is 0 Å². The average molecular weight is 333 g/mol. The summed E-state index contributed by atoms with van der Waals surface area (Å²) in [7, 11) is 1.50. The van der Waals surface area contributed by atoms with E-state index >= 15 is 0 Å². The zero-order valence-corrected chi connectivity index (χ0v) is 13.5. The number of hydrogen-bond acceptors (Lipinski definition) is 5. The van der Waals surface area contributed by atoms with Crippen LogP contribution >= 0.6 is 0 Å². The van der Waals surface area contributed by atoms with Gasteiger partial charge >= 0.3 is 6.03 Å². The molecule has 2 amide bonds. The highest BCUT2D eigenvalue weighted by molar-refractivity contribution is 5.74. The Balaban J connectivity index is 1.78. The molecule has 1 atom stereocenters. The summed E-state index contributed by atoms with van der Waals surface area (Å²) in [6.45, 7) is 2.66. The fraction of sp³-hybridized carbons (Fsp3) is 0.312. The lowest BCUT2D eigenvalue weighted by Crippen LogP contribution is -2.39. The van der Waals surface area contributed by atoms with Crippen LogP contribution in [0.25, 0.3) is 0 Å². The standard InChI is InChI=1S/C16H20FN5O2/c1-11(13-9-12(17)3-4-14(13)24-2)22-16(23)21-8-7-20-15-10-18-5-6-19-15/h3-6,9-11H,7-8H2,1-2H3,(H,19,20)(H2,21,22,23). The minimum absolute atomic E-state index is 0.352. The van der Waals surface area contributed by atoms with Crippen molar-refractivity contribution in [3.05, 3.63) is 48.2 Å². The third-order valence-corrected chi connectivity index (χ3v) is 3.29. The molecule has 7 nitrogen and oxygen atoms in total. The van der Waals surface area contributed by atoms with Gasteiger partial charge in [-0.25, -0.2) is 14.2 Å². The first-order chi connectivity index (χ1) is 11.6. The van der Waals surface area contributed by atoms with Crippen LogP contribution in [0.1, 0.15) is 18.5 Å². The summed E-state index contributed by atoms with van der Waals surface area (Å²) in [4.78, 5) is 19.9. The highest BCUT2D eigenvalue weighted by atomic mass is 19.1. The topological polar surface area (TPSA) is 88.2 Å². The van der Waals surface area contributed by atoms with Crippen LogP contribution in [0, 0.1) is 5.82 Å². The number of methoxy groups -OCH3 is 1. The molecule has 2 aromatic rings. The van der Waals surface area contributed by atoms with Crippen molar-refractivity contribution < 1.29 is 13.9 Å². The second-order valence-corrected chi connectivity index (χ2v) is 5.03. The third kappa shape index (κ3) is 5.08. The summed E-state index contributed by atoms with van der Waals surface area (Å²) in [5.41, 5.74) is 0.574. The number of aromatic nitrogens is 2. The normalized spacial score (nSPS) is 11.5. The number of carbonyl (C=O) groups is 1. The molecule has 0 fully saturated rings. The fourth-order valence-electron chi connectivity index (χ4n) is 2.13. The summed E-state index contributed by atoms with van der Waals surface area (Å²) < 4.78 is 18.6.